The zero-order chi connectivity index (χ0) is 22.9. The molecular weight excluding hydrogens is 414 g/mol. The lowest BCUT2D eigenvalue weighted by Gasteiger charge is -2.33. The minimum Gasteiger partial charge on any atom is -0.508 e. The number of carboxylic acids is 2. The fourth-order valence-corrected chi connectivity index (χ4v) is 4.36. The lowest BCUT2D eigenvalue weighted by atomic mass is 9.80. The molecule has 8 heteroatoms. The van der Waals surface area contributed by atoms with Crippen molar-refractivity contribution >= 4 is 11.9 Å². The van der Waals surface area contributed by atoms with Crippen LogP contribution in [0.15, 0.2) is 48.5 Å². The summed E-state index contributed by atoms with van der Waals surface area (Å²) in [7, 11) is 0. The molecule has 0 bridgehead atoms. The number of phenolic OH excluding ortho intramolecular Hbond substituents is 1. The highest BCUT2D eigenvalue weighted by atomic mass is 16.5. The summed E-state index contributed by atoms with van der Waals surface area (Å²) >= 11 is 0. The third-order valence-corrected chi connectivity index (χ3v) is 5.89. The maximum Gasteiger partial charge on any atom is 0.414 e. The topological polar surface area (TPSA) is 117 Å². The van der Waals surface area contributed by atoms with Gasteiger partial charge in [-0.3, -0.25) is 4.90 Å². The summed E-state index contributed by atoms with van der Waals surface area (Å²) in [6.07, 6.45) is 3.30. The molecule has 8 nitrogen and oxygen atoms in total. The quantitative estimate of drug-likeness (QED) is 0.441. The molecule has 0 unspecified atom stereocenters. The van der Waals surface area contributed by atoms with Gasteiger partial charge in [-0.1, -0.05) is 30.3 Å². The Hall–Kier alpha value is -3.10. The minimum atomic E-state index is -1.82. The van der Waals surface area contributed by atoms with Crippen molar-refractivity contribution in [1.82, 2.24) is 4.90 Å². The predicted molar refractivity (Wildman–Crippen MR) is 117 cm³/mol. The van der Waals surface area contributed by atoms with Crippen molar-refractivity contribution in [3.8, 4) is 11.5 Å². The van der Waals surface area contributed by atoms with E-state index in [-0.39, 0.29) is 0 Å². The van der Waals surface area contributed by atoms with Gasteiger partial charge in [-0.25, -0.2) is 9.59 Å². The number of carbonyl (C=O) groups is 2. The molecule has 1 aliphatic heterocycles. The number of nitrogens with zero attached hydrogens (tertiary/aromatic N) is 1. The Morgan fingerprint density at radius 2 is 1.69 bits per heavy atom. The van der Waals surface area contributed by atoms with Crippen molar-refractivity contribution in [3.05, 3.63) is 59.7 Å². The van der Waals surface area contributed by atoms with E-state index in [4.69, 9.17) is 29.3 Å². The summed E-state index contributed by atoms with van der Waals surface area (Å²) < 4.78 is 11.4. The number of phenols is 1. The molecule has 2 aromatic rings. The monoisotopic (exact) mass is 443 g/mol. The molecule has 1 heterocycles. The number of likely N-dealkylation sites (tertiary alicyclic amines) is 1. The van der Waals surface area contributed by atoms with Crippen LogP contribution in [0.25, 0.3) is 0 Å². The molecule has 0 aromatic heterocycles. The van der Waals surface area contributed by atoms with Crippen molar-refractivity contribution in [1.29, 1.82) is 0 Å². The van der Waals surface area contributed by atoms with E-state index in [1.165, 1.54) is 12.0 Å². The van der Waals surface area contributed by atoms with Crippen molar-refractivity contribution in [2.24, 2.45) is 5.92 Å². The fourth-order valence-electron chi connectivity index (χ4n) is 4.36. The van der Waals surface area contributed by atoms with Gasteiger partial charge in [0.1, 0.15) is 18.1 Å². The van der Waals surface area contributed by atoms with Gasteiger partial charge in [-0.05, 0) is 61.1 Å². The first kappa shape index (κ1) is 23.6. The average molecular weight is 443 g/mol. The van der Waals surface area contributed by atoms with Crippen molar-refractivity contribution < 1.29 is 34.4 Å². The van der Waals surface area contributed by atoms with Crippen molar-refractivity contribution in [3.63, 3.8) is 0 Å². The van der Waals surface area contributed by atoms with E-state index in [0.29, 0.717) is 30.9 Å². The maximum atomic E-state index is 10.2. The second-order valence-electron chi connectivity index (χ2n) is 7.86. The Kier molecular flexibility index (Phi) is 8.47. The summed E-state index contributed by atoms with van der Waals surface area (Å²) in [6, 6.07) is 16.3. The molecule has 172 valence electrons. The molecule has 32 heavy (non-hydrogen) atoms. The van der Waals surface area contributed by atoms with Crippen LogP contribution in [0.3, 0.4) is 0 Å². The van der Waals surface area contributed by atoms with E-state index < -0.39 is 11.9 Å². The number of aromatic hydroxyl groups is 1. The van der Waals surface area contributed by atoms with Gasteiger partial charge in [-0.2, -0.15) is 0 Å². The van der Waals surface area contributed by atoms with Crippen molar-refractivity contribution in [2.75, 3.05) is 32.9 Å². The largest absolute Gasteiger partial charge is 0.508 e. The van der Waals surface area contributed by atoms with E-state index >= 15 is 0 Å². The number of hydrogen-bond donors (Lipinski definition) is 3. The summed E-state index contributed by atoms with van der Waals surface area (Å²) in [5, 5.41) is 25.0. The van der Waals surface area contributed by atoms with Gasteiger partial charge in [-0.15, -0.1) is 0 Å². The van der Waals surface area contributed by atoms with Gasteiger partial charge in [0.05, 0.1) is 13.2 Å². The lowest BCUT2D eigenvalue weighted by Crippen LogP contribution is -2.39. The molecule has 2 aliphatic rings. The highest BCUT2D eigenvalue weighted by Crippen LogP contribution is 2.38. The minimum absolute atomic E-state index is 0.460. The molecule has 0 saturated carbocycles. The van der Waals surface area contributed by atoms with Crippen molar-refractivity contribution in [2.45, 2.75) is 25.3 Å². The number of fused-ring (bicyclic) bond motifs is 2. The lowest BCUT2D eigenvalue weighted by molar-refractivity contribution is -0.159. The SMILES string of the molecule is O=C(O)C(=O)O.Oc1cccc2c1C[C@@H]1[C@@H](CCN1CCOCCOc1ccccc1)C2. The number of hydrogen-bond acceptors (Lipinski definition) is 6. The Bertz CT molecular complexity index is 890. The molecule has 2 atom stereocenters. The van der Waals surface area contributed by atoms with Crippen LogP contribution in [-0.2, 0) is 27.2 Å². The van der Waals surface area contributed by atoms with Gasteiger partial charge < -0.3 is 24.8 Å². The van der Waals surface area contributed by atoms with Crippen LogP contribution in [0, 0.1) is 5.92 Å². The highest BCUT2D eigenvalue weighted by molar-refractivity contribution is 6.27. The van der Waals surface area contributed by atoms with Crippen LogP contribution in [0.2, 0.25) is 0 Å². The summed E-state index contributed by atoms with van der Waals surface area (Å²) in [5.41, 5.74) is 2.49. The molecule has 3 N–H and O–H groups in total. The normalized spacial score (nSPS) is 19.2. The van der Waals surface area contributed by atoms with Crippen LogP contribution in [-0.4, -0.2) is 71.1 Å². The fraction of sp³-hybridized carbons (Fsp3) is 0.417. The Labute approximate surface area is 187 Å². The van der Waals surface area contributed by atoms with Gasteiger partial charge >= 0.3 is 11.9 Å². The Morgan fingerprint density at radius 3 is 2.41 bits per heavy atom. The molecule has 2 aromatic carbocycles. The van der Waals surface area contributed by atoms with E-state index in [1.807, 2.05) is 42.5 Å². The zero-order valence-corrected chi connectivity index (χ0v) is 17.9. The van der Waals surface area contributed by atoms with Crippen LogP contribution >= 0.6 is 0 Å². The number of carboxylic acid groups (broad SMARTS) is 2. The van der Waals surface area contributed by atoms with Crippen LogP contribution in [0.5, 0.6) is 11.5 Å². The molecule has 1 fully saturated rings. The summed E-state index contributed by atoms with van der Waals surface area (Å²) in [6.45, 7) is 4.01. The first-order valence-electron chi connectivity index (χ1n) is 10.7. The van der Waals surface area contributed by atoms with Crippen LogP contribution in [0.4, 0.5) is 0 Å². The average Bonchev–Trinajstić information content (AvgIpc) is 3.18. The van der Waals surface area contributed by atoms with E-state index in [1.54, 1.807) is 0 Å². The van der Waals surface area contributed by atoms with Crippen LogP contribution < -0.4 is 4.74 Å². The number of aliphatic carboxylic acids is 2. The van der Waals surface area contributed by atoms with Gasteiger partial charge in [0, 0.05) is 12.6 Å². The number of ether oxygens (including phenoxy) is 2. The number of rotatable bonds is 7. The maximum absolute atomic E-state index is 10.2. The summed E-state index contributed by atoms with van der Waals surface area (Å²) in [5.74, 6) is -1.59. The molecule has 0 spiro atoms. The van der Waals surface area contributed by atoms with E-state index in [9.17, 15) is 5.11 Å². The first-order chi connectivity index (χ1) is 15.5. The Balaban J connectivity index is 0.000000427. The van der Waals surface area contributed by atoms with Gasteiger partial charge in [0.25, 0.3) is 0 Å². The van der Waals surface area contributed by atoms with Gasteiger partial charge in [0.15, 0.2) is 0 Å². The Morgan fingerprint density at radius 1 is 0.938 bits per heavy atom. The molecule has 1 saturated heterocycles. The molecular formula is C24H29NO7. The highest BCUT2D eigenvalue weighted by Gasteiger charge is 2.38. The zero-order valence-electron chi connectivity index (χ0n) is 17.9. The summed E-state index contributed by atoms with van der Waals surface area (Å²) in [4.78, 5) is 20.7. The molecule has 1 aliphatic carbocycles. The predicted octanol–water partition coefficient (Wildman–Crippen LogP) is 2.43. The van der Waals surface area contributed by atoms with E-state index in [0.717, 1.165) is 43.9 Å². The van der Waals surface area contributed by atoms with Gasteiger partial charge in [0.2, 0.25) is 0 Å². The standard InChI is InChI=1S/C22H27NO3.C2H2O4/c24-22-8-4-5-17-15-18-9-10-23(21(18)16-20(17)22)11-12-25-13-14-26-19-6-2-1-3-7-19;3-1(4)2(5)6/h1-8,18,21,24H,9-16H2;(H,3,4)(H,5,6)/t18-,21+;/m0./s1. The second kappa shape index (κ2) is 11.5. The molecule has 0 radical (unpaired) electrons. The van der Waals surface area contributed by atoms with Crippen LogP contribution in [0.1, 0.15) is 17.5 Å². The molecule has 4 rings (SSSR count). The number of para-hydroxylation sites is 1. The number of benzene rings is 2. The molecule has 0 amide bonds. The van der Waals surface area contributed by atoms with E-state index in [2.05, 4.69) is 11.0 Å². The third kappa shape index (κ3) is 6.45. The third-order valence-electron chi connectivity index (χ3n) is 5.89. The smallest absolute Gasteiger partial charge is 0.414 e. The first-order valence-corrected chi connectivity index (χ1v) is 10.7. The second-order valence-corrected chi connectivity index (χ2v) is 7.86.